The highest BCUT2D eigenvalue weighted by Gasteiger charge is 2.22. The molecule has 0 bridgehead atoms. The van der Waals surface area contributed by atoms with Gasteiger partial charge in [0.15, 0.2) is 0 Å². The van der Waals surface area contributed by atoms with Gasteiger partial charge in [0.1, 0.15) is 5.82 Å². The van der Waals surface area contributed by atoms with E-state index in [0.29, 0.717) is 12.1 Å². The normalized spacial score (nSPS) is 25.9. The van der Waals surface area contributed by atoms with Crippen LogP contribution in [-0.2, 0) is 0 Å². The third kappa shape index (κ3) is 2.94. The molecule has 0 spiro atoms. The molecule has 4 nitrogen and oxygen atoms in total. The van der Waals surface area contributed by atoms with Gasteiger partial charge in [-0.15, -0.1) is 0 Å². The highest BCUT2D eigenvalue weighted by atomic mass is 15.2. The lowest BCUT2D eigenvalue weighted by Crippen LogP contribution is -2.42. The highest BCUT2D eigenvalue weighted by Crippen LogP contribution is 2.18. The molecule has 0 radical (unpaired) electrons. The molecule has 2 rings (SSSR count). The van der Waals surface area contributed by atoms with Crippen molar-refractivity contribution in [1.82, 2.24) is 14.9 Å². The molecule has 0 saturated carbocycles. The molecule has 1 aliphatic heterocycles. The van der Waals surface area contributed by atoms with E-state index in [2.05, 4.69) is 34.2 Å². The van der Waals surface area contributed by atoms with Crippen LogP contribution in [0.4, 0.5) is 5.82 Å². The number of anilines is 1. The largest absolute Gasteiger partial charge is 0.366 e. The lowest BCUT2D eigenvalue weighted by atomic mass is 9.99. The Bertz CT molecular complexity index is 391. The lowest BCUT2D eigenvalue weighted by Gasteiger charge is -2.35. The second-order valence-electron chi connectivity index (χ2n) is 5.12. The van der Waals surface area contributed by atoms with Gasteiger partial charge in [0.25, 0.3) is 0 Å². The van der Waals surface area contributed by atoms with Crippen LogP contribution in [0.3, 0.4) is 0 Å². The molecule has 1 N–H and O–H groups in total. The van der Waals surface area contributed by atoms with Gasteiger partial charge in [-0.25, -0.2) is 4.98 Å². The zero-order valence-corrected chi connectivity index (χ0v) is 11.2. The van der Waals surface area contributed by atoms with Crippen LogP contribution >= 0.6 is 0 Å². The Morgan fingerprint density at radius 1 is 1.35 bits per heavy atom. The molecule has 2 atom stereocenters. The Kier molecular flexibility index (Phi) is 3.62. The highest BCUT2D eigenvalue weighted by molar-refractivity contribution is 5.34. The number of aryl methyl sites for hydroxylation is 2. The van der Waals surface area contributed by atoms with Crippen molar-refractivity contribution < 1.29 is 0 Å². The average molecular weight is 234 g/mol. The first-order chi connectivity index (χ1) is 8.06. The molecule has 4 heteroatoms. The minimum absolute atomic E-state index is 0.526. The number of hydrogen-bond acceptors (Lipinski definition) is 4. The van der Waals surface area contributed by atoms with E-state index in [-0.39, 0.29) is 0 Å². The predicted octanol–water partition coefficient (Wildman–Crippen LogP) is 1.99. The Hall–Kier alpha value is -1.16. The molecule has 17 heavy (non-hydrogen) atoms. The summed E-state index contributed by atoms with van der Waals surface area (Å²) < 4.78 is 0. The van der Waals surface area contributed by atoms with Crippen molar-refractivity contribution in [2.45, 2.75) is 45.7 Å². The van der Waals surface area contributed by atoms with E-state index in [9.17, 15) is 0 Å². The van der Waals surface area contributed by atoms with E-state index < -0.39 is 0 Å². The fraction of sp³-hybridized carbons (Fsp3) is 0.692. The van der Waals surface area contributed by atoms with E-state index in [4.69, 9.17) is 0 Å². The molecular formula is C13H22N4. The van der Waals surface area contributed by atoms with Gasteiger partial charge in [0.2, 0.25) is 0 Å². The fourth-order valence-electron chi connectivity index (χ4n) is 2.24. The van der Waals surface area contributed by atoms with Gasteiger partial charge in [0, 0.05) is 18.6 Å². The summed E-state index contributed by atoms with van der Waals surface area (Å²) in [4.78, 5) is 11.3. The van der Waals surface area contributed by atoms with Crippen LogP contribution in [0.15, 0.2) is 6.20 Å². The molecule has 1 aromatic rings. The minimum atomic E-state index is 0.526. The topological polar surface area (TPSA) is 41.1 Å². The van der Waals surface area contributed by atoms with E-state index in [0.717, 1.165) is 23.8 Å². The van der Waals surface area contributed by atoms with Gasteiger partial charge in [-0.1, -0.05) is 0 Å². The smallest absolute Gasteiger partial charge is 0.145 e. The third-order valence-electron chi connectivity index (χ3n) is 3.75. The van der Waals surface area contributed by atoms with Gasteiger partial charge >= 0.3 is 0 Å². The van der Waals surface area contributed by atoms with Crippen molar-refractivity contribution in [2.24, 2.45) is 0 Å². The van der Waals surface area contributed by atoms with E-state index in [1.165, 1.54) is 12.8 Å². The van der Waals surface area contributed by atoms with E-state index >= 15 is 0 Å². The molecule has 1 fully saturated rings. The number of aromatic nitrogens is 2. The van der Waals surface area contributed by atoms with Gasteiger partial charge in [-0.2, -0.15) is 0 Å². The summed E-state index contributed by atoms with van der Waals surface area (Å²) >= 11 is 0. The van der Waals surface area contributed by atoms with Crippen molar-refractivity contribution in [1.29, 1.82) is 0 Å². The second-order valence-corrected chi connectivity index (χ2v) is 5.12. The molecular weight excluding hydrogens is 212 g/mol. The van der Waals surface area contributed by atoms with Crippen molar-refractivity contribution in [3.05, 3.63) is 17.6 Å². The van der Waals surface area contributed by atoms with Crippen molar-refractivity contribution in [3.8, 4) is 0 Å². The maximum Gasteiger partial charge on any atom is 0.145 e. The molecule has 0 amide bonds. The SMILES string of the molecule is Cc1ncc(NC2CCN(C)C(C)C2)nc1C. The third-order valence-corrected chi connectivity index (χ3v) is 3.75. The first kappa shape index (κ1) is 12.3. The second kappa shape index (κ2) is 5.00. The minimum Gasteiger partial charge on any atom is -0.366 e. The summed E-state index contributed by atoms with van der Waals surface area (Å²) in [7, 11) is 2.19. The zero-order valence-electron chi connectivity index (χ0n) is 11.2. The maximum atomic E-state index is 4.52. The van der Waals surface area contributed by atoms with Crippen molar-refractivity contribution in [2.75, 3.05) is 18.9 Å². The molecule has 2 unspecified atom stereocenters. The van der Waals surface area contributed by atoms with Crippen LogP contribution in [0.5, 0.6) is 0 Å². The molecule has 1 saturated heterocycles. The zero-order chi connectivity index (χ0) is 12.4. The molecule has 94 valence electrons. The summed E-state index contributed by atoms with van der Waals surface area (Å²) in [5.74, 6) is 0.912. The van der Waals surface area contributed by atoms with Gasteiger partial charge < -0.3 is 10.2 Å². The average Bonchev–Trinajstić information content (AvgIpc) is 2.29. The number of nitrogens with zero attached hydrogens (tertiary/aromatic N) is 3. The number of likely N-dealkylation sites (tertiary alicyclic amines) is 1. The molecule has 0 aromatic carbocycles. The summed E-state index contributed by atoms with van der Waals surface area (Å²) in [6, 6.07) is 1.17. The Labute approximate surface area is 103 Å². The Balaban J connectivity index is 1.99. The van der Waals surface area contributed by atoms with E-state index in [1.807, 2.05) is 20.0 Å². The predicted molar refractivity (Wildman–Crippen MR) is 70.2 cm³/mol. The Morgan fingerprint density at radius 3 is 2.76 bits per heavy atom. The van der Waals surface area contributed by atoms with Gasteiger partial charge in [0.05, 0.1) is 17.6 Å². The fourth-order valence-corrected chi connectivity index (χ4v) is 2.24. The van der Waals surface area contributed by atoms with Gasteiger partial charge in [-0.3, -0.25) is 4.98 Å². The van der Waals surface area contributed by atoms with Crippen LogP contribution < -0.4 is 5.32 Å². The molecule has 1 aliphatic rings. The first-order valence-electron chi connectivity index (χ1n) is 6.33. The quantitative estimate of drug-likeness (QED) is 0.849. The summed E-state index contributed by atoms with van der Waals surface area (Å²) in [6.45, 7) is 7.42. The Morgan fingerprint density at radius 2 is 2.12 bits per heavy atom. The maximum absolute atomic E-state index is 4.52. The number of piperidine rings is 1. The monoisotopic (exact) mass is 234 g/mol. The number of hydrogen-bond donors (Lipinski definition) is 1. The lowest BCUT2D eigenvalue weighted by molar-refractivity contribution is 0.190. The van der Waals surface area contributed by atoms with Crippen LogP contribution in [0.25, 0.3) is 0 Å². The van der Waals surface area contributed by atoms with Crippen LogP contribution in [0.1, 0.15) is 31.2 Å². The first-order valence-corrected chi connectivity index (χ1v) is 6.33. The summed E-state index contributed by atoms with van der Waals surface area (Å²) in [6.07, 6.45) is 4.19. The van der Waals surface area contributed by atoms with Gasteiger partial charge in [-0.05, 0) is 40.7 Å². The standard InChI is InChI=1S/C13H22N4/c1-9-7-12(5-6-17(9)4)16-13-8-14-10(2)11(3)15-13/h8-9,12H,5-7H2,1-4H3,(H,15,16). The van der Waals surface area contributed by atoms with Crippen molar-refractivity contribution in [3.63, 3.8) is 0 Å². The van der Waals surface area contributed by atoms with Crippen molar-refractivity contribution >= 4 is 5.82 Å². The van der Waals surface area contributed by atoms with Crippen LogP contribution in [0.2, 0.25) is 0 Å². The van der Waals surface area contributed by atoms with Crippen LogP contribution in [-0.4, -0.2) is 40.5 Å². The summed E-state index contributed by atoms with van der Waals surface area (Å²) in [5.41, 5.74) is 2.02. The van der Waals surface area contributed by atoms with Crippen LogP contribution in [0, 0.1) is 13.8 Å². The molecule has 2 heterocycles. The number of rotatable bonds is 2. The number of nitrogens with one attached hydrogen (secondary N) is 1. The summed E-state index contributed by atoms with van der Waals surface area (Å²) in [5, 5.41) is 3.50. The molecule has 0 aliphatic carbocycles. The van der Waals surface area contributed by atoms with E-state index in [1.54, 1.807) is 0 Å². The molecule has 1 aromatic heterocycles.